The Hall–Kier alpha value is -3.75. The molecule has 4 rings (SSSR count). The third-order valence-corrected chi connectivity index (χ3v) is 5.05. The third kappa shape index (κ3) is 5.44. The van der Waals surface area contributed by atoms with Crippen LogP contribution in [0.5, 0.6) is 0 Å². The highest BCUT2D eigenvalue weighted by atomic mass is 19.1. The average molecular weight is 423 g/mol. The largest absolute Gasteiger partial charge is 0.338 e. The van der Waals surface area contributed by atoms with E-state index in [4.69, 9.17) is 4.52 Å². The number of nitrogens with zero attached hydrogens (tertiary/aromatic N) is 3. The van der Waals surface area contributed by atoms with Crippen LogP contribution in [-0.4, -0.2) is 33.5 Å². The maximum absolute atomic E-state index is 13.1. The van der Waals surface area contributed by atoms with Crippen LogP contribution in [-0.2, 0) is 24.4 Å². The topological polar surface area (TPSA) is 100 Å². The van der Waals surface area contributed by atoms with E-state index >= 15 is 0 Å². The Labute approximate surface area is 178 Å². The molecule has 0 radical (unpaired) electrons. The zero-order chi connectivity index (χ0) is 21.6. The van der Waals surface area contributed by atoms with Gasteiger partial charge in [0, 0.05) is 32.0 Å². The molecule has 2 heterocycles. The number of hydrogen-bond donors (Lipinski definition) is 2. The number of benzene rings is 2. The molecule has 1 atom stereocenters. The summed E-state index contributed by atoms with van der Waals surface area (Å²) in [6.07, 6.45) is 0.283. The van der Waals surface area contributed by atoms with E-state index < -0.39 is 0 Å². The molecule has 0 spiro atoms. The smallest absolute Gasteiger partial charge is 0.315 e. The van der Waals surface area contributed by atoms with Gasteiger partial charge >= 0.3 is 6.03 Å². The number of nitrogens with one attached hydrogen (secondary N) is 2. The number of aromatic nitrogens is 2. The lowest BCUT2D eigenvalue weighted by Crippen LogP contribution is -2.34. The summed E-state index contributed by atoms with van der Waals surface area (Å²) in [6, 6.07) is 15.3. The van der Waals surface area contributed by atoms with Gasteiger partial charge in [0.15, 0.2) is 5.82 Å². The summed E-state index contributed by atoms with van der Waals surface area (Å²) in [5.41, 5.74) is 1.85. The quantitative estimate of drug-likeness (QED) is 0.609. The van der Waals surface area contributed by atoms with E-state index in [2.05, 4.69) is 20.8 Å². The van der Waals surface area contributed by atoms with Gasteiger partial charge in [0.2, 0.25) is 11.8 Å². The minimum Gasteiger partial charge on any atom is -0.338 e. The van der Waals surface area contributed by atoms with Crippen molar-refractivity contribution in [3.8, 4) is 0 Å². The van der Waals surface area contributed by atoms with Crippen molar-refractivity contribution < 1.29 is 18.5 Å². The molecule has 0 unspecified atom stereocenters. The molecule has 1 aliphatic rings. The standard InChI is InChI=1S/C22H22FN5O3/c23-18-8-6-16(7-9-18)13-28-14-17(10-20(28)29)21-26-19(31-27-21)12-25-22(30)24-11-15-4-2-1-3-5-15/h1-9,17H,10-14H2,(H2,24,25,30)/t17-/m0/s1. The van der Waals surface area contributed by atoms with Gasteiger partial charge in [-0.2, -0.15) is 4.98 Å². The maximum Gasteiger partial charge on any atom is 0.315 e. The van der Waals surface area contributed by atoms with Crippen molar-refractivity contribution in [1.82, 2.24) is 25.7 Å². The van der Waals surface area contributed by atoms with Crippen molar-refractivity contribution in [3.05, 3.63) is 83.3 Å². The molecule has 2 N–H and O–H groups in total. The van der Waals surface area contributed by atoms with Gasteiger partial charge < -0.3 is 20.1 Å². The molecule has 0 bridgehead atoms. The van der Waals surface area contributed by atoms with E-state index in [9.17, 15) is 14.0 Å². The van der Waals surface area contributed by atoms with Crippen LogP contribution in [0.4, 0.5) is 9.18 Å². The number of likely N-dealkylation sites (tertiary alicyclic amines) is 1. The number of carbonyl (C=O) groups is 2. The number of halogens is 1. The first-order chi connectivity index (χ1) is 15.1. The van der Waals surface area contributed by atoms with Crippen LogP contribution in [0.1, 0.15) is 35.2 Å². The van der Waals surface area contributed by atoms with Crippen LogP contribution >= 0.6 is 0 Å². The van der Waals surface area contributed by atoms with Gasteiger partial charge in [-0.1, -0.05) is 47.6 Å². The fourth-order valence-corrected chi connectivity index (χ4v) is 3.41. The van der Waals surface area contributed by atoms with Gasteiger partial charge in [0.1, 0.15) is 5.82 Å². The Bertz CT molecular complexity index is 1040. The van der Waals surface area contributed by atoms with Crippen molar-refractivity contribution in [1.29, 1.82) is 0 Å². The van der Waals surface area contributed by atoms with E-state index in [1.165, 1.54) is 12.1 Å². The fourth-order valence-electron chi connectivity index (χ4n) is 3.41. The lowest BCUT2D eigenvalue weighted by molar-refractivity contribution is -0.128. The van der Waals surface area contributed by atoms with Crippen molar-refractivity contribution >= 4 is 11.9 Å². The van der Waals surface area contributed by atoms with Gasteiger partial charge in [0.25, 0.3) is 0 Å². The zero-order valence-electron chi connectivity index (χ0n) is 16.8. The second kappa shape index (κ2) is 9.38. The van der Waals surface area contributed by atoms with Gasteiger partial charge in [-0.3, -0.25) is 4.79 Å². The van der Waals surface area contributed by atoms with E-state index in [0.717, 1.165) is 11.1 Å². The summed E-state index contributed by atoms with van der Waals surface area (Å²) in [4.78, 5) is 30.3. The molecule has 1 fully saturated rings. The summed E-state index contributed by atoms with van der Waals surface area (Å²) in [5, 5.41) is 9.40. The van der Waals surface area contributed by atoms with Gasteiger partial charge in [-0.25, -0.2) is 9.18 Å². The molecule has 2 aromatic carbocycles. The molecule has 3 aromatic rings. The lowest BCUT2D eigenvalue weighted by Gasteiger charge is -2.16. The molecular weight excluding hydrogens is 401 g/mol. The molecule has 0 saturated carbocycles. The van der Waals surface area contributed by atoms with Crippen LogP contribution in [0.3, 0.4) is 0 Å². The van der Waals surface area contributed by atoms with Crippen molar-refractivity contribution in [2.45, 2.75) is 32.0 Å². The number of carbonyl (C=O) groups excluding carboxylic acids is 2. The minimum absolute atomic E-state index is 0.0147. The molecule has 1 aromatic heterocycles. The summed E-state index contributed by atoms with van der Waals surface area (Å²) in [6.45, 7) is 1.37. The Balaban J connectivity index is 1.26. The fraction of sp³-hybridized carbons (Fsp3) is 0.273. The molecule has 0 aliphatic carbocycles. The third-order valence-electron chi connectivity index (χ3n) is 5.05. The van der Waals surface area contributed by atoms with Crippen molar-refractivity contribution in [3.63, 3.8) is 0 Å². The summed E-state index contributed by atoms with van der Waals surface area (Å²) in [7, 11) is 0. The van der Waals surface area contributed by atoms with Crippen LogP contribution in [0, 0.1) is 5.82 Å². The van der Waals surface area contributed by atoms with E-state index in [1.54, 1.807) is 17.0 Å². The highest BCUT2D eigenvalue weighted by Crippen LogP contribution is 2.27. The molecule has 31 heavy (non-hydrogen) atoms. The lowest BCUT2D eigenvalue weighted by atomic mass is 10.1. The monoisotopic (exact) mass is 423 g/mol. The normalized spacial score (nSPS) is 15.8. The highest BCUT2D eigenvalue weighted by molar-refractivity contribution is 5.79. The molecule has 9 heteroatoms. The number of urea groups is 1. The summed E-state index contributed by atoms with van der Waals surface area (Å²) in [5.74, 6) is 0.207. The Morgan fingerprint density at radius 3 is 2.58 bits per heavy atom. The van der Waals surface area contributed by atoms with E-state index in [1.807, 2.05) is 30.3 Å². The number of hydrogen-bond acceptors (Lipinski definition) is 5. The van der Waals surface area contributed by atoms with Crippen molar-refractivity contribution in [2.75, 3.05) is 6.54 Å². The second-order valence-electron chi connectivity index (χ2n) is 7.37. The van der Waals surface area contributed by atoms with Crippen LogP contribution in [0.25, 0.3) is 0 Å². The molecule has 3 amide bonds. The number of amides is 3. The maximum atomic E-state index is 13.1. The van der Waals surface area contributed by atoms with Crippen LogP contribution in [0.2, 0.25) is 0 Å². The molecule has 1 saturated heterocycles. The Morgan fingerprint density at radius 2 is 1.81 bits per heavy atom. The first kappa shape index (κ1) is 20.5. The van der Waals surface area contributed by atoms with Crippen LogP contribution < -0.4 is 10.6 Å². The summed E-state index contributed by atoms with van der Waals surface area (Å²) >= 11 is 0. The van der Waals surface area contributed by atoms with Gasteiger partial charge in [-0.15, -0.1) is 0 Å². The molecule has 8 nitrogen and oxygen atoms in total. The number of rotatable bonds is 7. The van der Waals surface area contributed by atoms with E-state index in [0.29, 0.717) is 25.5 Å². The second-order valence-corrected chi connectivity index (χ2v) is 7.37. The van der Waals surface area contributed by atoms with Gasteiger partial charge in [-0.05, 0) is 23.3 Å². The molecule has 160 valence electrons. The van der Waals surface area contributed by atoms with E-state index in [-0.39, 0.29) is 42.5 Å². The van der Waals surface area contributed by atoms with Crippen LogP contribution in [0.15, 0.2) is 59.1 Å². The molecular formula is C22H22FN5O3. The summed E-state index contributed by atoms with van der Waals surface area (Å²) < 4.78 is 18.3. The Kier molecular flexibility index (Phi) is 6.21. The average Bonchev–Trinajstić information content (AvgIpc) is 3.40. The first-order valence-corrected chi connectivity index (χ1v) is 9.97. The zero-order valence-corrected chi connectivity index (χ0v) is 16.8. The first-order valence-electron chi connectivity index (χ1n) is 9.97. The predicted octanol–water partition coefficient (Wildman–Crippen LogP) is 2.72. The minimum atomic E-state index is -0.342. The SMILES string of the molecule is O=C(NCc1ccccc1)NCc1nc([C@H]2CC(=O)N(Cc3ccc(F)cc3)C2)no1. The van der Waals surface area contributed by atoms with Crippen molar-refractivity contribution in [2.24, 2.45) is 0 Å². The predicted molar refractivity (Wildman–Crippen MR) is 109 cm³/mol. The van der Waals surface area contributed by atoms with Gasteiger partial charge in [0.05, 0.1) is 6.54 Å². The highest BCUT2D eigenvalue weighted by Gasteiger charge is 2.33. The Morgan fingerprint density at radius 1 is 1.06 bits per heavy atom. The molecule has 1 aliphatic heterocycles.